The summed E-state index contributed by atoms with van der Waals surface area (Å²) in [6.45, 7) is 0. The average molecular weight is 497 g/mol. The lowest BCUT2D eigenvalue weighted by atomic mass is 9.90. The van der Waals surface area contributed by atoms with Crippen molar-refractivity contribution in [2.24, 2.45) is 5.92 Å². The predicted octanol–water partition coefficient (Wildman–Crippen LogP) is 4.65. The molecular formula is C24H18BrFN2O4. The highest BCUT2D eigenvalue weighted by Crippen LogP contribution is 2.48. The molecule has 3 aromatic carbocycles. The molecular weight excluding hydrogens is 479 g/mol. The smallest absolute Gasteiger partial charge is 0.266 e. The monoisotopic (exact) mass is 496 g/mol. The summed E-state index contributed by atoms with van der Waals surface area (Å²) in [6.07, 6.45) is -1.06. The summed E-state index contributed by atoms with van der Waals surface area (Å²) in [4.78, 5) is 33.7. The Balaban J connectivity index is 1.61. The van der Waals surface area contributed by atoms with Gasteiger partial charge in [0, 0.05) is 0 Å². The fourth-order valence-corrected chi connectivity index (χ4v) is 4.85. The molecule has 0 unspecified atom stereocenters. The Kier molecular flexibility index (Phi) is 5.19. The minimum absolute atomic E-state index is 0.0681. The van der Waals surface area contributed by atoms with E-state index in [0.717, 1.165) is 10.5 Å². The molecule has 2 aliphatic rings. The quantitative estimate of drug-likeness (QED) is 0.492. The molecule has 3 aromatic rings. The lowest BCUT2D eigenvalue weighted by Crippen LogP contribution is -2.37. The number of nitrogens with zero attached hydrogens (tertiary/aromatic N) is 2. The number of imide groups is 1. The van der Waals surface area contributed by atoms with Crippen LogP contribution in [-0.2, 0) is 14.4 Å². The van der Waals surface area contributed by atoms with Crippen molar-refractivity contribution in [3.63, 3.8) is 0 Å². The zero-order chi connectivity index (χ0) is 22.4. The highest BCUT2D eigenvalue weighted by molar-refractivity contribution is 9.10. The number of hydrogen-bond donors (Lipinski definition) is 0. The lowest BCUT2D eigenvalue weighted by molar-refractivity contribution is -0.126. The van der Waals surface area contributed by atoms with Crippen LogP contribution in [0.5, 0.6) is 5.75 Å². The lowest BCUT2D eigenvalue weighted by Gasteiger charge is -2.29. The molecule has 2 saturated heterocycles. The minimum atomic E-state index is -1.06. The first-order valence-electron chi connectivity index (χ1n) is 9.98. The zero-order valence-electron chi connectivity index (χ0n) is 16.9. The standard InChI is InChI=1S/C24H18BrFN2O4/c1-31-19-12-11-14(13-16(19)25)21-20-22(32-28(21)15-7-3-2-4-8-15)24(30)27(23(20)29)18-10-6-5-9-17(18)26/h2-13,20-22H,1H3/t20-,21+,22+/m1/s1. The first-order chi connectivity index (χ1) is 15.5. The summed E-state index contributed by atoms with van der Waals surface area (Å²) in [5, 5.41) is 1.60. The molecule has 2 aliphatic heterocycles. The van der Waals surface area contributed by atoms with Crippen molar-refractivity contribution in [1.29, 1.82) is 0 Å². The van der Waals surface area contributed by atoms with Crippen LogP contribution in [0.4, 0.5) is 15.8 Å². The summed E-state index contributed by atoms with van der Waals surface area (Å²) >= 11 is 3.49. The van der Waals surface area contributed by atoms with Gasteiger partial charge in [-0.1, -0.05) is 36.4 Å². The Morgan fingerprint density at radius 1 is 0.969 bits per heavy atom. The summed E-state index contributed by atoms with van der Waals surface area (Å²) in [5.74, 6) is -1.93. The van der Waals surface area contributed by atoms with Crippen LogP contribution in [0.15, 0.2) is 77.3 Å². The third kappa shape index (κ3) is 3.18. The predicted molar refractivity (Wildman–Crippen MR) is 120 cm³/mol. The molecule has 0 aliphatic carbocycles. The molecule has 0 bridgehead atoms. The van der Waals surface area contributed by atoms with Gasteiger partial charge in [0.15, 0.2) is 6.10 Å². The fraction of sp³-hybridized carbons (Fsp3) is 0.167. The van der Waals surface area contributed by atoms with Gasteiger partial charge >= 0.3 is 0 Å². The van der Waals surface area contributed by atoms with Crippen LogP contribution in [0.25, 0.3) is 0 Å². The van der Waals surface area contributed by atoms with Gasteiger partial charge in [-0.15, -0.1) is 0 Å². The Labute approximate surface area is 192 Å². The Hall–Kier alpha value is -3.23. The zero-order valence-corrected chi connectivity index (χ0v) is 18.5. The number of fused-ring (bicyclic) bond motifs is 1. The Bertz CT molecular complexity index is 1210. The van der Waals surface area contributed by atoms with E-state index in [1.165, 1.54) is 18.2 Å². The number of hydrogen-bond acceptors (Lipinski definition) is 5. The van der Waals surface area contributed by atoms with Crippen molar-refractivity contribution >= 4 is 39.1 Å². The van der Waals surface area contributed by atoms with Gasteiger partial charge < -0.3 is 4.74 Å². The van der Waals surface area contributed by atoms with E-state index in [9.17, 15) is 14.0 Å². The molecule has 0 aromatic heterocycles. The number of anilines is 2. The molecule has 5 rings (SSSR count). The van der Waals surface area contributed by atoms with E-state index in [2.05, 4.69) is 15.9 Å². The van der Waals surface area contributed by atoms with Gasteiger partial charge in [-0.2, -0.15) is 0 Å². The van der Waals surface area contributed by atoms with Gasteiger partial charge in [0.2, 0.25) is 5.91 Å². The second-order valence-electron chi connectivity index (χ2n) is 7.52. The van der Waals surface area contributed by atoms with Gasteiger partial charge in [0.25, 0.3) is 5.91 Å². The summed E-state index contributed by atoms with van der Waals surface area (Å²) in [7, 11) is 1.57. The first-order valence-corrected chi connectivity index (χ1v) is 10.8. The number of amides is 2. The van der Waals surface area contributed by atoms with E-state index in [-0.39, 0.29) is 5.69 Å². The molecule has 6 nitrogen and oxygen atoms in total. The van der Waals surface area contributed by atoms with Gasteiger partial charge in [0.1, 0.15) is 17.5 Å². The summed E-state index contributed by atoms with van der Waals surface area (Å²) in [6, 6.07) is 19.9. The molecule has 0 saturated carbocycles. The number of benzene rings is 3. The highest BCUT2D eigenvalue weighted by Gasteiger charge is 2.60. The van der Waals surface area contributed by atoms with Crippen LogP contribution < -0.4 is 14.7 Å². The fourth-order valence-electron chi connectivity index (χ4n) is 4.29. The van der Waals surface area contributed by atoms with Crippen molar-refractivity contribution < 1.29 is 23.6 Å². The molecule has 0 radical (unpaired) electrons. The van der Waals surface area contributed by atoms with Gasteiger partial charge in [-0.05, 0) is 57.9 Å². The topological polar surface area (TPSA) is 59.1 Å². The van der Waals surface area contributed by atoms with Crippen LogP contribution in [0, 0.1) is 11.7 Å². The van der Waals surface area contributed by atoms with Crippen molar-refractivity contribution in [2.75, 3.05) is 17.1 Å². The minimum Gasteiger partial charge on any atom is -0.496 e. The second-order valence-corrected chi connectivity index (χ2v) is 8.37. The summed E-state index contributed by atoms with van der Waals surface area (Å²) < 4.78 is 20.5. The highest BCUT2D eigenvalue weighted by atomic mass is 79.9. The second kappa shape index (κ2) is 8.03. The van der Waals surface area contributed by atoms with E-state index in [0.29, 0.717) is 15.9 Å². The van der Waals surface area contributed by atoms with Crippen LogP contribution in [-0.4, -0.2) is 25.0 Å². The Morgan fingerprint density at radius 2 is 1.69 bits per heavy atom. The van der Waals surface area contributed by atoms with Crippen molar-refractivity contribution in [3.05, 3.63) is 88.6 Å². The van der Waals surface area contributed by atoms with Gasteiger partial charge in [-0.25, -0.2) is 14.4 Å². The number of para-hydroxylation sites is 2. The maximum atomic E-state index is 14.4. The molecule has 32 heavy (non-hydrogen) atoms. The SMILES string of the molecule is COc1ccc([C@H]2[C@H]3C(=O)N(c4ccccc4F)C(=O)[C@H]3ON2c2ccccc2)cc1Br. The van der Waals surface area contributed by atoms with E-state index >= 15 is 0 Å². The van der Waals surface area contributed by atoms with Gasteiger partial charge in [0.05, 0.1) is 29.0 Å². The largest absolute Gasteiger partial charge is 0.496 e. The van der Waals surface area contributed by atoms with Crippen molar-refractivity contribution in [2.45, 2.75) is 12.1 Å². The maximum absolute atomic E-state index is 14.4. The van der Waals surface area contributed by atoms with Crippen LogP contribution in [0.1, 0.15) is 11.6 Å². The molecule has 162 valence electrons. The van der Waals surface area contributed by atoms with Crippen LogP contribution in [0.2, 0.25) is 0 Å². The Morgan fingerprint density at radius 3 is 2.38 bits per heavy atom. The van der Waals surface area contributed by atoms with Crippen LogP contribution in [0.3, 0.4) is 0 Å². The normalized spacial score (nSPS) is 22.4. The number of methoxy groups -OCH3 is 1. The molecule has 0 spiro atoms. The molecule has 0 N–H and O–H groups in total. The number of carbonyl (C=O) groups excluding carboxylic acids is 2. The summed E-state index contributed by atoms with van der Waals surface area (Å²) in [5.41, 5.74) is 1.39. The molecule has 8 heteroatoms. The van der Waals surface area contributed by atoms with E-state index in [1.54, 1.807) is 24.3 Å². The number of hydroxylamine groups is 1. The van der Waals surface area contributed by atoms with E-state index in [4.69, 9.17) is 9.57 Å². The van der Waals surface area contributed by atoms with Gasteiger partial charge in [-0.3, -0.25) is 14.4 Å². The van der Waals surface area contributed by atoms with Crippen molar-refractivity contribution in [1.82, 2.24) is 0 Å². The molecule has 2 amide bonds. The third-order valence-corrected chi connectivity index (χ3v) is 6.36. The number of halogens is 2. The maximum Gasteiger partial charge on any atom is 0.266 e. The van der Waals surface area contributed by atoms with E-state index in [1.807, 2.05) is 42.5 Å². The molecule has 2 fully saturated rings. The molecule has 3 atom stereocenters. The molecule has 2 heterocycles. The number of rotatable bonds is 4. The third-order valence-electron chi connectivity index (χ3n) is 5.74. The number of ether oxygens (including phenoxy) is 1. The van der Waals surface area contributed by atoms with Crippen molar-refractivity contribution in [3.8, 4) is 5.75 Å². The van der Waals surface area contributed by atoms with E-state index < -0.39 is 35.7 Å². The number of carbonyl (C=O) groups is 2. The first kappa shape index (κ1) is 20.7. The average Bonchev–Trinajstić information content (AvgIpc) is 3.31. The van der Waals surface area contributed by atoms with Crippen LogP contribution >= 0.6 is 15.9 Å².